The van der Waals surface area contributed by atoms with E-state index < -0.39 is 42.4 Å². The molecule has 2 aromatic heterocycles. The van der Waals surface area contributed by atoms with E-state index in [1.807, 2.05) is 0 Å². The molecule has 3 heterocycles. The number of hydrogen-bond acceptors (Lipinski definition) is 11. The van der Waals surface area contributed by atoms with E-state index in [0.717, 1.165) is 0 Å². The summed E-state index contributed by atoms with van der Waals surface area (Å²) in [7, 11) is 0. The molecule has 0 N–H and O–H groups in total. The number of halogens is 1. The Morgan fingerprint density at radius 3 is 1.91 bits per heavy atom. The molecule has 1 aliphatic heterocycles. The predicted octanol–water partition coefficient (Wildman–Crippen LogP) is 5.88. The molecule has 3 aromatic carbocycles. The number of ether oxygens (including phenoxy) is 4. The number of benzene rings is 3. The van der Waals surface area contributed by atoms with Gasteiger partial charge in [0, 0.05) is 0 Å². The minimum Gasteiger partial charge on any atom is -0.459 e. The molecule has 47 heavy (non-hydrogen) atoms. The average molecular weight is 669 g/mol. The lowest BCUT2D eigenvalue weighted by molar-refractivity contribution is -0.0634. The molecule has 4 atom stereocenters. The third-order valence-electron chi connectivity index (χ3n) is 7.43. The predicted molar refractivity (Wildman–Crippen MR) is 171 cm³/mol. The molecule has 0 spiro atoms. The van der Waals surface area contributed by atoms with Gasteiger partial charge in [0.2, 0.25) is 0 Å². The number of rotatable bonds is 9. The summed E-state index contributed by atoms with van der Waals surface area (Å²) in [5.41, 5.74) is 1.20. The summed E-state index contributed by atoms with van der Waals surface area (Å²) in [5, 5.41) is 10.9. The molecule has 0 aliphatic carbocycles. The average Bonchev–Trinajstić information content (AvgIpc) is 3.62. The number of carbonyl (C=O) groups is 3. The summed E-state index contributed by atoms with van der Waals surface area (Å²) in [6.07, 6.45) is -1.94. The number of hydrogen-bond donors (Lipinski definition) is 0. The molecule has 0 bridgehead atoms. The second kappa shape index (κ2) is 14.0. The Morgan fingerprint density at radius 2 is 1.38 bits per heavy atom. The SMILES string of the molecule is CSc1c(C#N)c2c(Cl)ncnc2n1[C@@H]1O[C@H](COC(=O)c2ccccc2)[C@@H](OC(=O)c2ccccc2)[C@H]1OC(=O)c1ccccc1. The highest BCUT2D eigenvalue weighted by atomic mass is 35.5. The summed E-state index contributed by atoms with van der Waals surface area (Å²) in [6, 6.07) is 27.1. The maximum Gasteiger partial charge on any atom is 0.338 e. The molecule has 1 aliphatic rings. The van der Waals surface area contributed by atoms with Crippen LogP contribution in [0.1, 0.15) is 42.9 Å². The summed E-state index contributed by atoms with van der Waals surface area (Å²) >= 11 is 7.66. The minimum atomic E-state index is -1.31. The number of nitrogens with zero attached hydrogens (tertiary/aromatic N) is 4. The normalized spacial score (nSPS) is 18.7. The lowest BCUT2D eigenvalue weighted by Gasteiger charge is -2.26. The van der Waals surface area contributed by atoms with E-state index >= 15 is 0 Å². The first-order chi connectivity index (χ1) is 22.9. The maximum absolute atomic E-state index is 13.6. The molecular weight excluding hydrogens is 644 g/mol. The van der Waals surface area contributed by atoms with Crippen LogP contribution < -0.4 is 0 Å². The van der Waals surface area contributed by atoms with Gasteiger partial charge in [0.05, 0.1) is 32.7 Å². The molecule has 0 amide bonds. The van der Waals surface area contributed by atoms with Crippen molar-refractivity contribution in [1.82, 2.24) is 14.5 Å². The summed E-state index contributed by atoms with van der Waals surface area (Å²) in [4.78, 5) is 48.4. The standard InChI is InChI=1S/C34H25ClN4O7S/c1-47-31-23(17-36)25-28(35)37-19-38-29(25)39(31)30-27(46-34(42)22-15-9-4-10-16-22)26(45-33(41)21-13-7-3-8-14-21)24(44-30)18-43-32(40)20-11-5-2-6-12-20/h2-16,19,24,26-27,30H,18H2,1H3/t24-,26-,27-,30-/m1/s1. The van der Waals surface area contributed by atoms with Gasteiger partial charge in [-0.3, -0.25) is 4.57 Å². The Kier molecular flexibility index (Phi) is 9.49. The Morgan fingerprint density at radius 1 is 0.851 bits per heavy atom. The van der Waals surface area contributed by atoms with Gasteiger partial charge in [0.25, 0.3) is 0 Å². The van der Waals surface area contributed by atoms with Gasteiger partial charge in [0.15, 0.2) is 18.4 Å². The van der Waals surface area contributed by atoms with Gasteiger partial charge in [-0.1, -0.05) is 66.2 Å². The Balaban J connectivity index is 1.46. The van der Waals surface area contributed by atoms with Crippen molar-refractivity contribution in [2.75, 3.05) is 12.9 Å². The van der Waals surface area contributed by atoms with E-state index in [2.05, 4.69) is 16.0 Å². The zero-order chi connectivity index (χ0) is 32.9. The summed E-state index contributed by atoms with van der Waals surface area (Å²) in [6.45, 7) is -0.370. The topological polar surface area (TPSA) is 143 Å². The van der Waals surface area contributed by atoms with Crippen molar-refractivity contribution < 1.29 is 33.3 Å². The van der Waals surface area contributed by atoms with E-state index in [9.17, 15) is 19.6 Å². The molecule has 1 saturated heterocycles. The fourth-order valence-electron chi connectivity index (χ4n) is 5.28. The van der Waals surface area contributed by atoms with Crippen molar-refractivity contribution in [3.05, 3.63) is 125 Å². The van der Waals surface area contributed by atoms with Crippen molar-refractivity contribution in [3.63, 3.8) is 0 Å². The molecule has 6 rings (SSSR count). The quantitative estimate of drug-likeness (QED) is 0.0803. The lowest BCUT2D eigenvalue weighted by Crippen LogP contribution is -2.41. The van der Waals surface area contributed by atoms with Crippen molar-refractivity contribution in [2.24, 2.45) is 0 Å². The molecule has 13 heteroatoms. The number of nitriles is 1. The van der Waals surface area contributed by atoms with Crippen molar-refractivity contribution in [1.29, 1.82) is 5.26 Å². The summed E-state index contributed by atoms with van der Waals surface area (Å²) < 4.78 is 25.8. The van der Waals surface area contributed by atoms with E-state index in [4.69, 9.17) is 30.5 Å². The van der Waals surface area contributed by atoms with Crippen LogP contribution in [0.2, 0.25) is 5.15 Å². The smallest absolute Gasteiger partial charge is 0.338 e. The minimum absolute atomic E-state index is 0.0387. The largest absolute Gasteiger partial charge is 0.459 e. The van der Waals surface area contributed by atoms with Crippen molar-refractivity contribution >= 4 is 52.3 Å². The van der Waals surface area contributed by atoms with E-state index in [0.29, 0.717) is 10.6 Å². The zero-order valence-electron chi connectivity index (χ0n) is 24.7. The van der Waals surface area contributed by atoms with Gasteiger partial charge in [-0.05, 0) is 42.7 Å². The van der Waals surface area contributed by atoms with Crippen LogP contribution in [0.3, 0.4) is 0 Å². The first-order valence-corrected chi connectivity index (χ1v) is 15.9. The van der Waals surface area contributed by atoms with E-state index in [1.165, 1.54) is 18.1 Å². The molecule has 0 unspecified atom stereocenters. The molecule has 1 fully saturated rings. The molecule has 0 saturated carbocycles. The number of fused-ring (bicyclic) bond motifs is 1. The van der Waals surface area contributed by atoms with Crippen LogP contribution in [-0.2, 0) is 18.9 Å². The number of aromatic nitrogens is 3. The van der Waals surface area contributed by atoms with Crippen LogP contribution in [-0.4, -0.2) is 63.6 Å². The molecular formula is C34H25ClN4O7S. The third-order valence-corrected chi connectivity index (χ3v) is 8.50. The Hall–Kier alpha value is -5.22. The molecule has 11 nitrogen and oxygen atoms in total. The fourth-order valence-corrected chi connectivity index (χ4v) is 6.24. The van der Waals surface area contributed by atoms with Crippen LogP contribution in [0.15, 0.2) is 102 Å². The van der Waals surface area contributed by atoms with Crippen molar-refractivity contribution in [3.8, 4) is 6.07 Å². The first kappa shape index (κ1) is 31.7. The van der Waals surface area contributed by atoms with E-state index in [-0.39, 0.29) is 39.5 Å². The van der Waals surface area contributed by atoms with Crippen molar-refractivity contribution in [2.45, 2.75) is 29.6 Å². The zero-order valence-corrected chi connectivity index (χ0v) is 26.3. The number of thioether (sulfide) groups is 1. The summed E-state index contributed by atoms with van der Waals surface area (Å²) in [5.74, 6) is -2.07. The highest BCUT2D eigenvalue weighted by Gasteiger charge is 2.52. The van der Waals surface area contributed by atoms with Gasteiger partial charge < -0.3 is 18.9 Å². The fraction of sp³-hybridized carbons (Fsp3) is 0.176. The first-order valence-electron chi connectivity index (χ1n) is 14.3. The molecule has 0 radical (unpaired) electrons. The van der Waals surface area contributed by atoms with Gasteiger partial charge >= 0.3 is 17.9 Å². The van der Waals surface area contributed by atoms with Gasteiger partial charge in [-0.25, -0.2) is 24.4 Å². The van der Waals surface area contributed by atoms with Crippen LogP contribution >= 0.6 is 23.4 Å². The Bertz CT molecular complexity index is 1970. The number of esters is 3. The van der Waals surface area contributed by atoms with Gasteiger partial charge in [-0.2, -0.15) is 5.26 Å². The number of carbonyl (C=O) groups excluding carboxylic acids is 3. The van der Waals surface area contributed by atoms with Crippen LogP contribution in [0.25, 0.3) is 11.0 Å². The van der Waals surface area contributed by atoms with Crippen LogP contribution in [0.5, 0.6) is 0 Å². The Labute approximate surface area is 278 Å². The molecule has 236 valence electrons. The second-order valence-corrected chi connectivity index (χ2v) is 11.4. The van der Waals surface area contributed by atoms with E-state index in [1.54, 1.807) is 102 Å². The maximum atomic E-state index is 13.6. The van der Waals surface area contributed by atoms with Gasteiger partial charge in [0.1, 0.15) is 35.9 Å². The van der Waals surface area contributed by atoms with Crippen LogP contribution in [0.4, 0.5) is 0 Å². The molecule has 5 aromatic rings. The highest BCUT2D eigenvalue weighted by molar-refractivity contribution is 7.98. The third kappa shape index (κ3) is 6.41. The highest BCUT2D eigenvalue weighted by Crippen LogP contribution is 2.43. The van der Waals surface area contributed by atoms with Crippen LogP contribution in [0, 0.1) is 11.3 Å². The second-order valence-electron chi connectivity index (χ2n) is 10.2. The monoisotopic (exact) mass is 668 g/mol. The lowest BCUT2D eigenvalue weighted by atomic mass is 10.1. The van der Waals surface area contributed by atoms with Gasteiger partial charge in [-0.15, -0.1) is 11.8 Å².